The summed E-state index contributed by atoms with van der Waals surface area (Å²) >= 11 is 0. The first kappa shape index (κ1) is 15.2. The molecular weight excluding hydrogens is 282 g/mol. The van der Waals surface area contributed by atoms with Gasteiger partial charge in [0.05, 0.1) is 12.8 Å². The molecule has 8 nitrogen and oxygen atoms in total. The van der Waals surface area contributed by atoms with Crippen molar-refractivity contribution in [2.45, 2.75) is 11.3 Å². The van der Waals surface area contributed by atoms with E-state index < -0.39 is 10.0 Å². The molecule has 0 atom stereocenters. The number of nitrogens with zero attached hydrogens (tertiary/aromatic N) is 3. The zero-order valence-electron chi connectivity index (χ0n) is 11.6. The number of nitrogens with two attached hydrogens (primary N) is 1. The largest absolute Gasteiger partial charge is 0.383 e. The average molecular weight is 303 g/mol. The van der Waals surface area contributed by atoms with E-state index in [1.54, 1.807) is 7.11 Å². The highest BCUT2D eigenvalue weighted by Gasteiger charge is 2.29. The SMILES string of the molecule is COCCN1CCCN(S(=O)(=O)c2cn[nH]c2N)CC1. The van der Waals surface area contributed by atoms with E-state index in [4.69, 9.17) is 10.5 Å². The standard InChI is InChI=1S/C11H21N5O3S/c1-19-8-7-15-3-2-4-16(6-5-15)20(17,18)10-9-13-14-11(10)12/h9H,2-8H2,1H3,(H3,12,13,14). The van der Waals surface area contributed by atoms with Gasteiger partial charge in [-0.15, -0.1) is 0 Å². The Balaban J connectivity index is 2.05. The summed E-state index contributed by atoms with van der Waals surface area (Å²) in [5.41, 5.74) is 5.61. The first-order valence-corrected chi connectivity index (χ1v) is 8.00. The van der Waals surface area contributed by atoms with Crippen LogP contribution < -0.4 is 5.73 Å². The molecule has 1 aliphatic rings. The first-order chi connectivity index (χ1) is 9.55. The van der Waals surface area contributed by atoms with Gasteiger partial charge in [-0.3, -0.25) is 10.00 Å². The zero-order chi connectivity index (χ0) is 14.6. The molecule has 9 heteroatoms. The predicted molar refractivity (Wildman–Crippen MR) is 74.7 cm³/mol. The van der Waals surface area contributed by atoms with Gasteiger partial charge in [0.1, 0.15) is 10.7 Å². The van der Waals surface area contributed by atoms with Gasteiger partial charge in [-0.1, -0.05) is 0 Å². The van der Waals surface area contributed by atoms with E-state index in [2.05, 4.69) is 15.1 Å². The molecule has 0 saturated carbocycles. The monoisotopic (exact) mass is 303 g/mol. The Morgan fingerprint density at radius 1 is 1.40 bits per heavy atom. The molecule has 2 rings (SSSR count). The molecule has 20 heavy (non-hydrogen) atoms. The van der Waals surface area contributed by atoms with Crippen LogP contribution in [0.5, 0.6) is 0 Å². The summed E-state index contributed by atoms with van der Waals surface area (Å²) in [5.74, 6) is 0.0884. The number of methoxy groups -OCH3 is 1. The summed E-state index contributed by atoms with van der Waals surface area (Å²) in [4.78, 5) is 2.26. The first-order valence-electron chi connectivity index (χ1n) is 6.56. The van der Waals surface area contributed by atoms with Crippen LogP contribution in [0.25, 0.3) is 0 Å². The number of aromatic nitrogens is 2. The lowest BCUT2D eigenvalue weighted by atomic mass is 10.4. The van der Waals surface area contributed by atoms with Crippen LogP contribution in [-0.4, -0.2) is 74.3 Å². The Labute approximate surface area is 118 Å². The zero-order valence-corrected chi connectivity index (χ0v) is 12.4. The summed E-state index contributed by atoms with van der Waals surface area (Å²) in [6.07, 6.45) is 2.05. The fourth-order valence-electron chi connectivity index (χ4n) is 2.26. The van der Waals surface area contributed by atoms with Crippen molar-refractivity contribution >= 4 is 15.8 Å². The molecule has 0 radical (unpaired) electrons. The van der Waals surface area contributed by atoms with Crippen molar-refractivity contribution in [2.24, 2.45) is 0 Å². The van der Waals surface area contributed by atoms with Crippen LogP contribution in [0.4, 0.5) is 5.82 Å². The summed E-state index contributed by atoms with van der Waals surface area (Å²) in [6.45, 7) is 3.99. The molecule has 1 saturated heterocycles. The lowest BCUT2D eigenvalue weighted by Crippen LogP contribution is -2.36. The van der Waals surface area contributed by atoms with Crippen molar-refractivity contribution in [3.8, 4) is 0 Å². The second kappa shape index (κ2) is 6.53. The number of nitrogen functional groups attached to an aromatic ring is 1. The molecule has 2 heterocycles. The molecule has 0 unspecified atom stereocenters. The Bertz CT molecular complexity index is 530. The van der Waals surface area contributed by atoms with E-state index in [0.717, 1.165) is 19.5 Å². The van der Waals surface area contributed by atoms with Crippen LogP contribution in [0.3, 0.4) is 0 Å². The van der Waals surface area contributed by atoms with Crippen LogP contribution in [0.1, 0.15) is 6.42 Å². The minimum Gasteiger partial charge on any atom is -0.383 e. The summed E-state index contributed by atoms with van der Waals surface area (Å²) in [5, 5.41) is 6.14. The molecule has 1 fully saturated rings. The van der Waals surface area contributed by atoms with Gasteiger partial charge in [0.15, 0.2) is 0 Å². The van der Waals surface area contributed by atoms with Gasteiger partial charge in [-0.05, 0) is 13.0 Å². The van der Waals surface area contributed by atoms with Crippen molar-refractivity contribution < 1.29 is 13.2 Å². The third-order valence-corrected chi connectivity index (χ3v) is 5.34. The molecule has 1 aromatic heterocycles. The second-order valence-electron chi connectivity index (χ2n) is 4.74. The Morgan fingerprint density at radius 2 is 2.20 bits per heavy atom. The fourth-order valence-corrected chi connectivity index (χ4v) is 3.74. The number of hydrogen-bond acceptors (Lipinski definition) is 6. The lowest BCUT2D eigenvalue weighted by molar-refractivity contribution is 0.151. The van der Waals surface area contributed by atoms with E-state index in [9.17, 15) is 8.42 Å². The summed E-state index contributed by atoms with van der Waals surface area (Å²) in [7, 11) is -1.90. The number of H-pyrrole nitrogens is 1. The van der Waals surface area contributed by atoms with Gasteiger partial charge < -0.3 is 10.5 Å². The van der Waals surface area contributed by atoms with Crippen molar-refractivity contribution in [3.63, 3.8) is 0 Å². The number of sulfonamides is 1. The molecule has 1 aromatic rings. The molecule has 0 bridgehead atoms. The number of ether oxygens (including phenoxy) is 1. The van der Waals surface area contributed by atoms with Gasteiger partial charge in [0.2, 0.25) is 10.0 Å². The van der Waals surface area contributed by atoms with E-state index >= 15 is 0 Å². The third kappa shape index (κ3) is 3.29. The maximum absolute atomic E-state index is 12.5. The van der Waals surface area contributed by atoms with Crippen molar-refractivity contribution in [1.29, 1.82) is 0 Å². The molecular formula is C11H21N5O3S. The van der Waals surface area contributed by atoms with Gasteiger partial charge >= 0.3 is 0 Å². The number of hydrogen-bond donors (Lipinski definition) is 2. The average Bonchev–Trinajstić information content (AvgIpc) is 2.72. The maximum Gasteiger partial charge on any atom is 0.248 e. The number of rotatable bonds is 5. The quantitative estimate of drug-likeness (QED) is 0.748. The smallest absolute Gasteiger partial charge is 0.248 e. The molecule has 0 spiro atoms. The molecule has 0 aromatic carbocycles. The van der Waals surface area contributed by atoms with Crippen molar-refractivity contribution in [3.05, 3.63) is 6.20 Å². The highest BCUT2D eigenvalue weighted by molar-refractivity contribution is 7.89. The van der Waals surface area contributed by atoms with Crippen LogP contribution >= 0.6 is 0 Å². The summed E-state index contributed by atoms with van der Waals surface area (Å²) in [6, 6.07) is 0. The number of aromatic amines is 1. The van der Waals surface area contributed by atoms with Gasteiger partial charge in [-0.25, -0.2) is 8.42 Å². The van der Waals surface area contributed by atoms with E-state index in [1.165, 1.54) is 10.5 Å². The minimum absolute atomic E-state index is 0.0582. The number of anilines is 1. The molecule has 1 aliphatic heterocycles. The maximum atomic E-state index is 12.5. The van der Waals surface area contributed by atoms with Crippen molar-refractivity contribution in [2.75, 3.05) is 52.2 Å². The van der Waals surface area contributed by atoms with Crippen LogP contribution in [0.15, 0.2) is 11.1 Å². The third-order valence-electron chi connectivity index (χ3n) is 3.41. The highest BCUT2D eigenvalue weighted by atomic mass is 32.2. The topological polar surface area (TPSA) is 105 Å². The Hall–Kier alpha value is -1.16. The van der Waals surface area contributed by atoms with Gasteiger partial charge in [-0.2, -0.15) is 9.40 Å². The highest BCUT2D eigenvalue weighted by Crippen LogP contribution is 2.21. The second-order valence-corrected chi connectivity index (χ2v) is 6.65. The van der Waals surface area contributed by atoms with Crippen LogP contribution in [0, 0.1) is 0 Å². The molecule has 114 valence electrons. The van der Waals surface area contributed by atoms with Gasteiger partial charge in [0.25, 0.3) is 0 Å². The number of nitrogens with one attached hydrogen (secondary N) is 1. The Morgan fingerprint density at radius 3 is 2.85 bits per heavy atom. The Kier molecular flexibility index (Phi) is 4.97. The van der Waals surface area contributed by atoms with E-state index in [1.807, 2.05) is 0 Å². The minimum atomic E-state index is -3.56. The van der Waals surface area contributed by atoms with E-state index in [-0.39, 0.29) is 10.7 Å². The fraction of sp³-hybridized carbons (Fsp3) is 0.727. The normalized spacial score (nSPS) is 19.1. The van der Waals surface area contributed by atoms with Gasteiger partial charge in [0, 0.05) is 33.3 Å². The molecule has 0 amide bonds. The van der Waals surface area contributed by atoms with E-state index in [0.29, 0.717) is 26.2 Å². The molecule has 3 N–H and O–H groups in total. The lowest BCUT2D eigenvalue weighted by Gasteiger charge is -2.21. The molecule has 0 aliphatic carbocycles. The van der Waals surface area contributed by atoms with Crippen molar-refractivity contribution in [1.82, 2.24) is 19.4 Å². The summed E-state index contributed by atoms with van der Waals surface area (Å²) < 4.78 is 31.5. The van der Waals surface area contributed by atoms with Crippen LogP contribution in [0.2, 0.25) is 0 Å². The van der Waals surface area contributed by atoms with Crippen LogP contribution in [-0.2, 0) is 14.8 Å². The predicted octanol–water partition coefficient (Wildman–Crippen LogP) is -0.665.